The first-order chi connectivity index (χ1) is 10.1. The van der Waals surface area contributed by atoms with Crippen LogP contribution in [0.3, 0.4) is 0 Å². The van der Waals surface area contributed by atoms with Gasteiger partial charge in [-0.05, 0) is 12.8 Å². The van der Waals surface area contributed by atoms with Gasteiger partial charge in [0, 0.05) is 46.0 Å². The van der Waals surface area contributed by atoms with Gasteiger partial charge in [-0.15, -0.1) is 0 Å². The molecular formula is C15H27N5O. The number of carbonyl (C=O) groups excluding carboxylic acids is 1. The zero-order valence-electron chi connectivity index (χ0n) is 13.4. The first-order valence-corrected chi connectivity index (χ1v) is 7.79. The number of hydrogen-bond acceptors (Lipinski definition) is 4. The van der Waals surface area contributed by atoms with Crippen molar-refractivity contribution >= 4 is 11.6 Å². The van der Waals surface area contributed by atoms with E-state index in [9.17, 15) is 4.79 Å². The Balaban J connectivity index is 1.98. The van der Waals surface area contributed by atoms with Gasteiger partial charge >= 0.3 is 0 Å². The summed E-state index contributed by atoms with van der Waals surface area (Å²) in [5.41, 5.74) is 6.64. The minimum atomic E-state index is -0.378. The van der Waals surface area contributed by atoms with Crippen molar-refractivity contribution in [3.63, 3.8) is 0 Å². The molecule has 2 rings (SSSR count). The molecule has 0 aliphatic carbocycles. The number of carbonyl (C=O) groups is 1. The second-order valence-electron chi connectivity index (χ2n) is 5.84. The molecule has 2 heterocycles. The molecule has 0 atom stereocenters. The second kappa shape index (κ2) is 6.47. The van der Waals surface area contributed by atoms with Crippen molar-refractivity contribution in [3.8, 4) is 0 Å². The van der Waals surface area contributed by atoms with Crippen LogP contribution in [0.5, 0.6) is 0 Å². The fourth-order valence-corrected chi connectivity index (χ4v) is 3.00. The van der Waals surface area contributed by atoms with Gasteiger partial charge in [-0.25, -0.2) is 0 Å². The molecule has 21 heavy (non-hydrogen) atoms. The Hall–Kier alpha value is -1.56. The minimum absolute atomic E-state index is 0.223. The Kier molecular flexibility index (Phi) is 4.88. The van der Waals surface area contributed by atoms with Crippen LogP contribution in [0.1, 0.15) is 26.7 Å². The lowest BCUT2D eigenvalue weighted by atomic mass is 9.81. The van der Waals surface area contributed by atoms with Crippen LogP contribution < -0.4 is 10.6 Å². The van der Waals surface area contributed by atoms with E-state index in [1.807, 2.05) is 24.3 Å². The van der Waals surface area contributed by atoms with E-state index in [0.717, 1.165) is 44.7 Å². The monoisotopic (exact) mass is 293 g/mol. The molecule has 1 saturated heterocycles. The molecule has 0 unspecified atom stereocenters. The molecule has 1 aromatic rings. The predicted molar refractivity (Wildman–Crippen MR) is 84.1 cm³/mol. The first kappa shape index (κ1) is 15.8. The summed E-state index contributed by atoms with van der Waals surface area (Å²) in [7, 11) is 1.92. The van der Waals surface area contributed by atoms with Crippen LogP contribution in [-0.4, -0.2) is 53.3 Å². The van der Waals surface area contributed by atoms with E-state index in [2.05, 4.69) is 23.8 Å². The van der Waals surface area contributed by atoms with Crippen LogP contribution in [0.4, 0.5) is 5.69 Å². The highest BCUT2D eigenvalue weighted by atomic mass is 16.2. The number of nitrogens with two attached hydrogens (primary N) is 1. The zero-order chi connectivity index (χ0) is 15.5. The van der Waals surface area contributed by atoms with E-state index in [4.69, 9.17) is 5.73 Å². The Labute approximate surface area is 126 Å². The van der Waals surface area contributed by atoms with E-state index in [1.54, 1.807) is 4.68 Å². The van der Waals surface area contributed by atoms with Gasteiger partial charge in [0.2, 0.25) is 5.91 Å². The molecule has 6 heteroatoms. The molecule has 1 aliphatic heterocycles. The fraction of sp³-hybridized carbons (Fsp3) is 0.733. The number of rotatable bonds is 5. The van der Waals surface area contributed by atoms with Gasteiger partial charge in [-0.1, -0.05) is 13.8 Å². The van der Waals surface area contributed by atoms with E-state index in [0.29, 0.717) is 6.54 Å². The van der Waals surface area contributed by atoms with Crippen molar-refractivity contribution in [2.75, 3.05) is 37.6 Å². The van der Waals surface area contributed by atoms with E-state index < -0.39 is 0 Å². The van der Waals surface area contributed by atoms with Crippen molar-refractivity contribution in [2.45, 2.75) is 26.7 Å². The van der Waals surface area contributed by atoms with Gasteiger partial charge in [-0.3, -0.25) is 9.48 Å². The van der Waals surface area contributed by atoms with E-state index >= 15 is 0 Å². The third kappa shape index (κ3) is 3.05. The number of aryl methyl sites for hydroxylation is 1. The second-order valence-corrected chi connectivity index (χ2v) is 5.84. The summed E-state index contributed by atoms with van der Waals surface area (Å²) < 4.78 is 1.81. The van der Waals surface area contributed by atoms with Crippen LogP contribution in [0.25, 0.3) is 0 Å². The summed E-state index contributed by atoms with van der Waals surface area (Å²) in [6.07, 6.45) is 5.50. The zero-order valence-corrected chi connectivity index (χ0v) is 13.4. The highest BCUT2D eigenvalue weighted by Crippen LogP contribution is 2.28. The van der Waals surface area contributed by atoms with Gasteiger partial charge in [-0.2, -0.15) is 5.10 Å². The Bertz CT molecular complexity index is 464. The van der Waals surface area contributed by atoms with Crippen molar-refractivity contribution in [1.29, 1.82) is 0 Å². The van der Waals surface area contributed by atoms with Crippen molar-refractivity contribution in [1.82, 2.24) is 14.7 Å². The molecule has 0 aromatic carbocycles. The maximum atomic E-state index is 12.8. The number of piperazine rings is 1. The average molecular weight is 293 g/mol. The van der Waals surface area contributed by atoms with Gasteiger partial charge < -0.3 is 15.5 Å². The first-order valence-electron chi connectivity index (χ1n) is 7.79. The summed E-state index contributed by atoms with van der Waals surface area (Å²) in [5, 5.41) is 4.20. The highest BCUT2D eigenvalue weighted by Gasteiger charge is 2.37. The van der Waals surface area contributed by atoms with Crippen LogP contribution >= 0.6 is 0 Å². The Morgan fingerprint density at radius 2 is 1.90 bits per heavy atom. The van der Waals surface area contributed by atoms with Crippen molar-refractivity contribution in [3.05, 3.63) is 12.4 Å². The lowest BCUT2D eigenvalue weighted by Gasteiger charge is -2.40. The Morgan fingerprint density at radius 3 is 2.33 bits per heavy atom. The van der Waals surface area contributed by atoms with Crippen molar-refractivity contribution < 1.29 is 4.79 Å². The van der Waals surface area contributed by atoms with Gasteiger partial charge in [0.15, 0.2) is 0 Å². The number of amides is 1. The maximum absolute atomic E-state index is 12.8. The Morgan fingerprint density at radius 1 is 1.29 bits per heavy atom. The van der Waals surface area contributed by atoms with Crippen LogP contribution in [-0.2, 0) is 11.8 Å². The summed E-state index contributed by atoms with van der Waals surface area (Å²) in [6, 6.07) is 0. The topological polar surface area (TPSA) is 67.4 Å². The lowest BCUT2D eigenvalue weighted by molar-refractivity contribution is -0.142. The molecule has 1 aliphatic rings. The molecule has 0 radical (unpaired) electrons. The molecule has 0 bridgehead atoms. The molecule has 6 nitrogen and oxygen atoms in total. The SMILES string of the molecule is CCC(CC)(CN)C(=O)N1CCN(c2cnn(C)c2)CC1. The molecule has 2 N–H and O–H groups in total. The maximum Gasteiger partial charge on any atom is 0.230 e. The molecule has 1 aromatic heterocycles. The van der Waals surface area contributed by atoms with E-state index in [-0.39, 0.29) is 11.3 Å². The molecule has 1 fully saturated rings. The smallest absolute Gasteiger partial charge is 0.230 e. The minimum Gasteiger partial charge on any atom is -0.365 e. The predicted octanol–water partition coefficient (Wildman–Crippen LogP) is 0.834. The lowest BCUT2D eigenvalue weighted by Crippen LogP contribution is -2.54. The molecule has 1 amide bonds. The fourth-order valence-electron chi connectivity index (χ4n) is 3.00. The summed E-state index contributed by atoms with van der Waals surface area (Å²) in [5.74, 6) is 0.223. The third-order valence-electron chi connectivity index (χ3n) is 4.82. The number of aromatic nitrogens is 2. The normalized spacial score (nSPS) is 16.4. The van der Waals surface area contributed by atoms with Gasteiger partial charge in [0.05, 0.1) is 17.3 Å². The standard InChI is InChI=1S/C15H27N5O/c1-4-15(5-2,12-16)14(21)20-8-6-19(7-9-20)13-10-17-18(3)11-13/h10-11H,4-9,12,16H2,1-3H3. The molecule has 0 saturated carbocycles. The summed E-state index contributed by atoms with van der Waals surface area (Å²) >= 11 is 0. The van der Waals surface area contributed by atoms with Crippen molar-refractivity contribution in [2.24, 2.45) is 18.2 Å². The van der Waals surface area contributed by atoms with Crippen LogP contribution in [0.2, 0.25) is 0 Å². The molecular weight excluding hydrogens is 266 g/mol. The summed E-state index contributed by atoms with van der Waals surface area (Å²) in [6.45, 7) is 7.77. The molecule has 0 spiro atoms. The third-order valence-corrected chi connectivity index (χ3v) is 4.82. The number of nitrogens with zero attached hydrogens (tertiary/aromatic N) is 4. The quantitative estimate of drug-likeness (QED) is 0.873. The van der Waals surface area contributed by atoms with Gasteiger partial charge in [0.25, 0.3) is 0 Å². The van der Waals surface area contributed by atoms with E-state index in [1.165, 1.54) is 0 Å². The largest absolute Gasteiger partial charge is 0.365 e. The van der Waals surface area contributed by atoms with Crippen LogP contribution in [0, 0.1) is 5.41 Å². The van der Waals surface area contributed by atoms with Crippen LogP contribution in [0.15, 0.2) is 12.4 Å². The molecule has 118 valence electrons. The number of hydrogen-bond donors (Lipinski definition) is 1. The average Bonchev–Trinajstić information content (AvgIpc) is 2.96. The highest BCUT2D eigenvalue weighted by molar-refractivity contribution is 5.83. The van der Waals surface area contributed by atoms with Gasteiger partial charge in [0.1, 0.15) is 0 Å². The summed E-state index contributed by atoms with van der Waals surface area (Å²) in [4.78, 5) is 17.0. The number of anilines is 1.